The first kappa shape index (κ1) is 11.3. The molecule has 2 rings (SSSR count). The third-order valence-electron chi connectivity index (χ3n) is 3.77. The van der Waals surface area contributed by atoms with Crippen molar-refractivity contribution in [2.45, 2.75) is 57.7 Å². The van der Waals surface area contributed by atoms with Gasteiger partial charge in [0.05, 0.1) is 35.9 Å². The molecule has 2 aliphatic heterocycles. The lowest BCUT2D eigenvalue weighted by molar-refractivity contribution is -0.0175. The van der Waals surface area contributed by atoms with E-state index in [1.54, 1.807) is 0 Å². The fourth-order valence-corrected chi connectivity index (χ4v) is 2.65. The Morgan fingerprint density at radius 1 is 1.20 bits per heavy atom. The van der Waals surface area contributed by atoms with Gasteiger partial charge in [0.25, 0.3) is 0 Å². The summed E-state index contributed by atoms with van der Waals surface area (Å²) in [5.74, 6) is 0. The summed E-state index contributed by atoms with van der Waals surface area (Å²) >= 11 is 0. The minimum absolute atomic E-state index is 0.00103. The van der Waals surface area contributed by atoms with Crippen molar-refractivity contribution in [2.24, 2.45) is 5.41 Å². The van der Waals surface area contributed by atoms with Gasteiger partial charge in [-0.25, -0.2) is 0 Å². The van der Waals surface area contributed by atoms with Crippen LogP contribution in [0.5, 0.6) is 0 Å². The van der Waals surface area contributed by atoms with Crippen molar-refractivity contribution in [3.05, 3.63) is 0 Å². The molecule has 2 saturated heterocycles. The highest BCUT2D eigenvalue weighted by molar-refractivity contribution is 5.10. The van der Waals surface area contributed by atoms with Crippen molar-refractivity contribution >= 4 is 0 Å². The van der Waals surface area contributed by atoms with Crippen molar-refractivity contribution < 1.29 is 19.7 Å². The van der Waals surface area contributed by atoms with Crippen LogP contribution >= 0.6 is 0 Å². The number of ether oxygens (including phenoxy) is 2. The van der Waals surface area contributed by atoms with E-state index in [0.29, 0.717) is 6.42 Å². The second-order valence-electron chi connectivity index (χ2n) is 4.92. The van der Waals surface area contributed by atoms with Crippen molar-refractivity contribution in [1.82, 2.24) is 0 Å². The van der Waals surface area contributed by atoms with E-state index in [0.717, 1.165) is 0 Å². The summed E-state index contributed by atoms with van der Waals surface area (Å²) in [5.41, 5.74) is -0.373. The van der Waals surface area contributed by atoms with Crippen LogP contribution in [-0.4, -0.2) is 47.3 Å². The minimum atomic E-state index is -0.563. The van der Waals surface area contributed by atoms with Crippen LogP contribution in [0.3, 0.4) is 0 Å². The van der Waals surface area contributed by atoms with Gasteiger partial charge in [0, 0.05) is 6.61 Å². The summed E-state index contributed by atoms with van der Waals surface area (Å²) < 4.78 is 11.0. The van der Waals surface area contributed by atoms with E-state index >= 15 is 0 Å². The number of aliphatic hydroxyl groups excluding tert-OH is 2. The molecule has 0 aliphatic carbocycles. The molecule has 4 heteroatoms. The standard InChI is InChI=1S/C11H20O4/c1-6-9(14-6)11(3,8(13)4-5-12)10-7(2)15-10/h6-10,12-13H,4-5H2,1-3H3. The Labute approximate surface area is 90.2 Å². The zero-order chi connectivity index (χ0) is 11.2. The predicted octanol–water partition coefficient (Wildman–Crippen LogP) is 0.311. The van der Waals surface area contributed by atoms with Gasteiger partial charge >= 0.3 is 0 Å². The van der Waals surface area contributed by atoms with Gasteiger partial charge in [-0.1, -0.05) is 6.92 Å². The molecule has 15 heavy (non-hydrogen) atoms. The fraction of sp³-hybridized carbons (Fsp3) is 1.00. The van der Waals surface area contributed by atoms with E-state index in [2.05, 4.69) is 0 Å². The van der Waals surface area contributed by atoms with Crippen LogP contribution in [0.15, 0.2) is 0 Å². The zero-order valence-corrected chi connectivity index (χ0v) is 9.51. The quantitative estimate of drug-likeness (QED) is 0.649. The Morgan fingerprint density at radius 2 is 1.60 bits per heavy atom. The van der Waals surface area contributed by atoms with Crippen LogP contribution in [0, 0.1) is 5.41 Å². The van der Waals surface area contributed by atoms with Crippen LogP contribution in [-0.2, 0) is 9.47 Å². The summed E-state index contributed by atoms with van der Waals surface area (Å²) in [6.07, 6.45) is 0.338. The molecule has 2 N–H and O–H groups in total. The Bertz CT molecular complexity index is 227. The van der Waals surface area contributed by atoms with Crippen molar-refractivity contribution in [3.8, 4) is 0 Å². The largest absolute Gasteiger partial charge is 0.396 e. The number of aliphatic hydroxyl groups is 2. The molecule has 0 bridgehead atoms. The summed E-state index contributed by atoms with van der Waals surface area (Å²) in [5, 5.41) is 19.0. The van der Waals surface area contributed by atoms with Crippen molar-refractivity contribution in [2.75, 3.05) is 6.61 Å². The molecule has 4 nitrogen and oxygen atoms in total. The first-order valence-corrected chi connectivity index (χ1v) is 5.61. The van der Waals surface area contributed by atoms with Crippen LogP contribution in [0.2, 0.25) is 0 Å². The van der Waals surface area contributed by atoms with Gasteiger partial charge in [-0.15, -0.1) is 0 Å². The molecule has 0 radical (unpaired) electrons. The molecule has 2 heterocycles. The highest BCUT2D eigenvalue weighted by Crippen LogP contribution is 2.51. The number of hydrogen-bond donors (Lipinski definition) is 2. The highest BCUT2D eigenvalue weighted by atomic mass is 16.6. The third kappa shape index (κ3) is 1.80. The molecule has 0 spiro atoms. The van der Waals surface area contributed by atoms with Crippen LogP contribution in [0.4, 0.5) is 0 Å². The Balaban J connectivity index is 2.08. The molecule has 0 aromatic heterocycles. The topological polar surface area (TPSA) is 65.5 Å². The molecule has 88 valence electrons. The molecule has 0 saturated carbocycles. The SMILES string of the molecule is CC1OC1C(C)(C(O)CCO)C1OC1C. The lowest BCUT2D eigenvalue weighted by Crippen LogP contribution is -2.44. The molecule has 2 fully saturated rings. The monoisotopic (exact) mass is 216 g/mol. The highest BCUT2D eigenvalue weighted by Gasteiger charge is 2.63. The van der Waals surface area contributed by atoms with Gasteiger partial charge < -0.3 is 19.7 Å². The molecule has 0 aromatic rings. The van der Waals surface area contributed by atoms with Crippen LogP contribution in [0.25, 0.3) is 0 Å². The Kier molecular flexibility index (Phi) is 2.79. The van der Waals surface area contributed by atoms with Crippen LogP contribution in [0.1, 0.15) is 27.2 Å². The second kappa shape index (κ2) is 3.70. The van der Waals surface area contributed by atoms with E-state index < -0.39 is 6.10 Å². The molecular weight excluding hydrogens is 196 g/mol. The Morgan fingerprint density at radius 3 is 1.87 bits per heavy atom. The maximum absolute atomic E-state index is 10.1. The normalized spacial score (nSPS) is 44.6. The van der Waals surface area contributed by atoms with E-state index in [9.17, 15) is 5.11 Å². The maximum Gasteiger partial charge on any atom is 0.0943 e. The van der Waals surface area contributed by atoms with Gasteiger partial charge in [0.2, 0.25) is 0 Å². The maximum atomic E-state index is 10.1. The van der Waals surface area contributed by atoms with Crippen LogP contribution < -0.4 is 0 Å². The van der Waals surface area contributed by atoms with Gasteiger partial charge in [-0.05, 0) is 20.3 Å². The zero-order valence-electron chi connectivity index (χ0n) is 9.51. The summed E-state index contributed by atoms with van der Waals surface area (Å²) in [7, 11) is 0. The molecule has 5 atom stereocenters. The van der Waals surface area contributed by atoms with Gasteiger partial charge in [-0.3, -0.25) is 0 Å². The van der Waals surface area contributed by atoms with E-state index in [-0.39, 0.29) is 36.4 Å². The fourth-order valence-electron chi connectivity index (χ4n) is 2.65. The third-order valence-corrected chi connectivity index (χ3v) is 3.77. The average Bonchev–Trinajstić information content (AvgIpc) is 3.05. The number of hydrogen-bond acceptors (Lipinski definition) is 4. The predicted molar refractivity (Wildman–Crippen MR) is 54.5 cm³/mol. The summed E-state index contributed by atoms with van der Waals surface area (Å²) in [6.45, 7) is 6.00. The molecule has 2 aliphatic rings. The Hall–Kier alpha value is -0.160. The molecular formula is C11H20O4. The smallest absolute Gasteiger partial charge is 0.0943 e. The van der Waals surface area contributed by atoms with Crippen molar-refractivity contribution in [3.63, 3.8) is 0 Å². The van der Waals surface area contributed by atoms with Crippen molar-refractivity contribution in [1.29, 1.82) is 0 Å². The first-order chi connectivity index (χ1) is 7.01. The van der Waals surface area contributed by atoms with Gasteiger partial charge in [0.15, 0.2) is 0 Å². The van der Waals surface area contributed by atoms with E-state index in [4.69, 9.17) is 14.6 Å². The average molecular weight is 216 g/mol. The number of epoxide rings is 2. The van der Waals surface area contributed by atoms with E-state index in [1.807, 2.05) is 20.8 Å². The summed E-state index contributed by atoms with van der Waals surface area (Å²) in [6, 6.07) is 0. The lowest BCUT2D eigenvalue weighted by Gasteiger charge is -2.31. The minimum Gasteiger partial charge on any atom is -0.396 e. The molecule has 0 amide bonds. The lowest BCUT2D eigenvalue weighted by atomic mass is 9.74. The molecule has 0 aromatic carbocycles. The van der Waals surface area contributed by atoms with Gasteiger partial charge in [-0.2, -0.15) is 0 Å². The summed E-state index contributed by atoms with van der Waals surface area (Å²) in [4.78, 5) is 0. The second-order valence-corrected chi connectivity index (χ2v) is 4.92. The number of rotatable bonds is 5. The van der Waals surface area contributed by atoms with Gasteiger partial charge in [0.1, 0.15) is 0 Å². The first-order valence-electron chi connectivity index (χ1n) is 5.61. The molecule has 5 unspecified atom stereocenters. The van der Waals surface area contributed by atoms with E-state index in [1.165, 1.54) is 0 Å².